The molecule has 124 valence electrons. The first-order valence-corrected chi connectivity index (χ1v) is 9.78. The summed E-state index contributed by atoms with van der Waals surface area (Å²) in [5.74, 6) is -0.918. The van der Waals surface area contributed by atoms with Crippen molar-refractivity contribution in [1.29, 1.82) is 0 Å². The Morgan fingerprint density at radius 3 is 2.71 bits per heavy atom. The normalized spacial score (nSPS) is 11.9. The average Bonchev–Trinajstić information content (AvgIpc) is 3.34. The maximum Gasteiger partial charge on any atom is 0.358 e. The number of nitrogens with one attached hydrogen (secondary N) is 1. The third-order valence-electron chi connectivity index (χ3n) is 3.12. The summed E-state index contributed by atoms with van der Waals surface area (Å²) in [6, 6.07) is 7.73. The van der Waals surface area contributed by atoms with Crippen molar-refractivity contribution in [2.75, 3.05) is 0 Å². The van der Waals surface area contributed by atoms with Crippen molar-refractivity contribution in [3.05, 3.63) is 51.0 Å². The van der Waals surface area contributed by atoms with Gasteiger partial charge in [0.2, 0.25) is 0 Å². The van der Waals surface area contributed by atoms with E-state index in [0.29, 0.717) is 6.54 Å². The summed E-state index contributed by atoms with van der Waals surface area (Å²) in [5.41, 5.74) is 0.223. The van der Waals surface area contributed by atoms with E-state index in [-0.39, 0.29) is 11.6 Å². The lowest BCUT2D eigenvalue weighted by Gasteiger charge is -2.12. The molecule has 0 saturated heterocycles. The molecule has 0 fully saturated rings. The van der Waals surface area contributed by atoms with Crippen molar-refractivity contribution < 1.29 is 14.3 Å². The largest absolute Gasteiger partial charge is 0.448 e. The number of aromatic nitrogens is 1. The molecule has 0 bridgehead atoms. The molecule has 8 heteroatoms. The van der Waals surface area contributed by atoms with Gasteiger partial charge >= 0.3 is 5.97 Å². The van der Waals surface area contributed by atoms with Crippen LogP contribution in [0.15, 0.2) is 40.4 Å². The van der Waals surface area contributed by atoms with Gasteiger partial charge in [-0.25, -0.2) is 9.78 Å². The van der Waals surface area contributed by atoms with Gasteiger partial charge in [-0.2, -0.15) is 0 Å². The van der Waals surface area contributed by atoms with Gasteiger partial charge in [0.15, 0.2) is 11.8 Å². The number of carbonyl (C=O) groups excluding carboxylic acids is 2. The van der Waals surface area contributed by atoms with Crippen molar-refractivity contribution in [3.63, 3.8) is 0 Å². The summed E-state index contributed by atoms with van der Waals surface area (Å²) in [6.45, 7) is 1.98. The molecule has 3 heterocycles. The van der Waals surface area contributed by atoms with Gasteiger partial charge in [0.25, 0.3) is 5.91 Å². The van der Waals surface area contributed by atoms with Crippen LogP contribution in [-0.2, 0) is 16.1 Å². The zero-order valence-electron chi connectivity index (χ0n) is 12.7. The number of hydrogen-bond acceptors (Lipinski definition) is 7. The van der Waals surface area contributed by atoms with Crippen LogP contribution >= 0.6 is 34.0 Å². The van der Waals surface area contributed by atoms with Crippen LogP contribution in [0, 0.1) is 0 Å². The Morgan fingerprint density at radius 2 is 2.00 bits per heavy atom. The smallest absolute Gasteiger partial charge is 0.358 e. The first kappa shape index (κ1) is 16.8. The molecular formula is C16H14N2O3S3. The molecule has 0 spiro atoms. The second kappa shape index (κ2) is 7.69. The predicted molar refractivity (Wildman–Crippen MR) is 96.5 cm³/mol. The SMILES string of the molecule is C[C@@H](OC(=O)c1csc(-c2cccs2)n1)C(=O)NCc1cccs1. The Bertz CT molecular complexity index is 810. The van der Waals surface area contributed by atoms with E-state index >= 15 is 0 Å². The topological polar surface area (TPSA) is 68.3 Å². The Balaban J connectivity index is 1.54. The van der Waals surface area contributed by atoms with Crippen molar-refractivity contribution in [2.24, 2.45) is 0 Å². The van der Waals surface area contributed by atoms with E-state index in [1.54, 1.807) is 35.0 Å². The van der Waals surface area contributed by atoms with Gasteiger partial charge in [-0.3, -0.25) is 4.79 Å². The highest BCUT2D eigenvalue weighted by Gasteiger charge is 2.21. The van der Waals surface area contributed by atoms with Crippen LogP contribution in [0.2, 0.25) is 0 Å². The minimum atomic E-state index is -0.871. The summed E-state index contributed by atoms with van der Waals surface area (Å²) in [4.78, 5) is 30.4. The van der Waals surface area contributed by atoms with Crippen LogP contribution in [0.25, 0.3) is 9.88 Å². The van der Waals surface area contributed by atoms with Gasteiger partial charge in [-0.1, -0.05) is 12.1 Å². The fourth-order valence-electron chi connectivity index (χ4n) is 1.89. The molecule has 0 unspecified atom stereocenters. The van der Waals surface area contributed by atoms with Gasteiger partial charge in [0.05, 0.1) is 11.4 Å². The maximum atomic E-state index is 12.1. The number of thiophene rings is 2. The number of carbonyl (C=O) groups is 2. The monoisotopic (exact) mass is 378 g/mol. The van der Waals surface area contributed by atoms with Crippen LogP contribution < -0.4 is 5.32 Å². The Hall–Kier alpha value is -2.03. The van der Waals surface area contributed by atoms with Crippen LogP contribution in [0.3, 0.4) is 0 Å². The minimum Gasteiger partial charge on any atom is -0.448 e. The molecule has 5 nitrogen and oxygen atoms in total. The summed E-state index contributed by atoms with van der Waals surface area (Å²) >= 11 is 4.50. The molecule has 0 aliphatic rings. The third-order valence-corrected chi connectivity index (χ3v) is 5.87. The van der Waals surface area contributed by atoms with Crippen LogP contribution in [0.1, 0.15) is 22.3 Å². The lowest BCUT2D eigenvalue weighted by atomic mass is 10.3. The van der Waals surface area contributed by atoms with E-state index in [4.69, 9.17) is 4.74 Å². The van der Waals surface area contributed by atoms with E-state index in [2.05, 4.69) is 10.3 Å². The van der Waals surface area contributed by atoms with Crippen LogP contribution in [-0.4, -0.2) is 23.0 Å². The van der Waals surface area contributed by atoms with E-state index in [0.717, 1.165) is 14.8 Å². The highest BCUT2D eigenvalue weighted by atomic mass is 32.1. The molecule has 0 aliphatic heterocycles. The fourth-order valence-corrected chi connectivity index (χ4v) is 4.13. The molecule has 1 amide bonds. The van der Waals surface area contributed by atoms with E-state index < -0.39 is 12.1 Å². The zero-order valence-corrected chi connectivity index (χ0v) is 15.2. The van der Waals surface area contributed by atoms with Gasteiger partial charge < -0.3 is 10.1 Å². The number of hydrogen-bond donors (Lipinski definition) is 1. The van der Waals surface area contributed by atoms with Crippen LogP contribution in [0.5, 0.6) is 0 Å². The number of ether oxygens (including phenoxy) is 1. The molecule has 0 aromatic carbocycles. The fraction of sp³-hybridized carbons (Fsp3) is 0.188. The number of esters is 1. The van der Waals surface area contributed by atoms with Crippen molar-refractivity contribution in [1.82, 2.24) is 10.3 Å². The van der Waals surface area contributed by atoms with E-state index in [1.165, 1.54) is 11.3 Å². The average molecular weight is 379 g/mol. The highest BCUT2D eigenvalue weighted by molar-refractivity contribution is 7.20. The molecule has 0 saturated carbocycles. The number of nitrogens with zero attached hydrogens (tertiary/aromatic N) is 1. The summed E-state index contributed by atoms with van der Waals surface area (Å²) in [6.07, 6.45) is -0.871. The van der Waals surface area contributed by atoms with Crippen molar-refractivity contribution in [2.45, 2.75) is 19.6 Å². The maximum absolute atomic E-state index is 12.1. The highest BCUT2D eigenvalue weighted by Crippen LogP contribution is 2.28. The second-order valence-corrected chi connectivity index (χ2v) is 7.70. The first-order chi connectivity index (χ1) is 11.6. The summed E-state index contributed by atoms with van der Waals surface area (Å²) < 4.78 is 5.20. The second-order valence-electron chi connectivity index (χ2n) is 4.86. The molecule has 3 rings (SSSR count). The summed E-state index contributed by atoms with van der Waals surface area (Å²) in [7, 11) is 0. The molecule has 0 aliphatic carbocycles. The van der Waals surface area contributed by atoms with Crippen LogP contribution in [0.4, 0.5) is 0 Å². The molecular weight excluding hydrogens is 364 g/mol. The molecule has 1 atom stereocenters. The van der Waals surface area contributed by atoms with Crippen molar-refractivity contribution in [3.8, 4) is 9.88 Å². The third kappa shape index (κ3) is 4.08. The Labute approximate surface area is 150 Å². The molecule has 24 heavy (non-hydrogen) atoms. The van der Waals surface area contributed by atoms with Crippen molar-refractivity contribution >= 4 is 45.9 Å². The van der Waals surface area contributed by atoms with Gasteiger partial charge in [-0.15, -0.1) is 34.0 Å². The summed E-state index contributed by atoms with van der Waals surface area (Å²) in [5, 5.41) is 9.06. The molecule has 0 radical (unpaired) electrons. The zero-order chi connectivity index (χ0) is 16.9. The molecule has 1 N–H and O–H groups in total. The molecule has 3 aromatic rings. The standard InChI is InChI=1S/C16H14N2O3S3/c1-10(14(19)17-8-11-4-2-6-22-11)21-16(20)12-9-24-15(18-12)13-5-3-7-23-13/h2-7,9-10H,8H2,1H3,(H,17,19)/t10-/m1/s1. The molecule has 3 aromatic heterocycles. The van der Waals surface area contributed by atoms with Gasteiger partial charge in [-0.05, 0) is 29.8 Å². The number of rotatable bonds is 6. The van der Waals surface area contributed by atoms with Gasteiger partial charge in [0, 0.05) is 10.3 Å². The number of amides is 1. The lowest BCUT2D eigenvalue weighted by molar-refractivity contribution is -0.129. The number of thiazole rings is 1. The lowest BCUT2D eigenvalue weighted by Crippen LogP contribution is -2.35. The first-order valence-electron chi connectivity index (χ1n) is 7.14. The Kier molecular flexibility index (Phi) is 5.39. The van der Waals surface area contributed by atoms with E-state index in [1.807, 2.05) is 35.0 Å². The Morgan fingerprint density at radius 1 is 1.21 bits per heavy atom. The minimum absolute atomic E-state index is 0.223. The predicted octanol–water partition coefficient (Wildman–Crippen LogP) is 3.79. The quantitative estimate of drug-likeness (QED) is 0.663. The van der Waals surface area contributed by atoms with E-state index in [9.17, 15) is 9.59 Å². The van der Waals surface area contributed by atoms with Gasteiger partial charge in [0.1, 0.15) is 5.01 Å².